The minimum atomic E-state index is -1.30. The van der Waals surface area contributed by atoms with E-state index in [-0.39, 0.29) is 5.91 Å². The summed E-state index contributed by atoms with van der Waals surface area (Å²) in [7, 11) is 0. The molecule has 8 heteroatoms. The molecule has 2 N–H and O–H groups in total. The number of hydrazone groups is 1. The summed E-state index contributed by atoms with van der Waals surface area (Å²) < 4.78 is 5.15. The smallest absolute Gasteiger partial charge is 0.245 e. The first kappa shape index (κ1) is 21.3. The number of carboxylic acid groups (broad SMARTS) is 1. The van der Waals surface area contributed by atoms with Crippen molar-refractivity contribution in [3.63, 3.8) is 0 Å². The van der Waals surface area contributed by atoms with Gasteiger partial charge in [0, 0.05) is 11.3 Å². The summed E-state index contributed by atoms with van der Waals surface area (Å²) in [4.78, 5) is 26.4. The van der Waals surface area contributed by atoms with Crippen molar-refractivity contribution in [2.75, 3.05) is 44.2 Å². The molecule has 30 heavy (non-hydrogen) atoms. The van der Waals surface area contributed by atoms with Gasteiger partial charge in [-0.2, -0.15) is 5.10 Å². The van der Waals surface area contributed by atoms with Crippen LogP contribution in [0, 0.1) is 0 Å². The van der Waals surface area contributed by atoms with Crippen LogP contribution < -0.4 is 25.1 Å². The average molecular weight is 410 g/mol. The number of aliphatic carboxylic acids is 1. The molecule has 0 aliphatic carbocycles. The fourth-order valence-electron chi connectivity index (χ4n) is 3.35. The zero-order valence-electron chi connectivity index (χ0n) is 16.8. The fourth-order valence-corrected chi connectivity index (χ4v) is 3.35. The van der Waals surface area contributed by atoms with E-state index in [9.17, 15) is 14.7 Å². The van der Waals surface area contributed by atoms with Crippen LogP contribution >= 0.6 is 0 Å². The summed E-state index contributed by atoms with van der Waals surface area (Å²) in [6.45, 7) is 4.15. The number of carboxylic acids is 1. The van der Waals surface area contributed by atoms with Gasteiger partial charge in [0.25, 0.3) is 0 Å². The third kappa shape index (κ3) is 6.59. The van der Waals surface area contributed by atoms with Gasteiger partial charge in [-0.05, 0) is 24.3 Å². The minimum Gasteiger partial charge on any atom is -0.546 e. The van der Waals surface area contributed by atoms with Gasteiger partial charge >= 0.3 is 0 Å². The zero-order valence-corrected chi connectivity index (χ0v) is 16.8. The Morgan fingerprint density at radius 2 is 1.80 bits per heavy atom. The molecular weight excluding hydrogens is 384 g/mol. The first-order valence-electron chi connectivity index (χ1n) is 9.99. The number of carbonyl (C=O) groups excluding carboxylic acids is 2. The van der Waals surface area contributed by atoms with E-state index in [4.69, 9.17) is 4.74 Å². The van der Waals surface area contributed by atoms with Crippen LogP contribution in [0.25, 0.3) is 0 Å². The van der Waals surface area contributed by atoms with Crippen LogP contribution in [0.15, 0.2) is 59.7 Å². The molecule has 158 valence electrons. The monoisotopic (exact) mass is 410 g/mol. The molecule has 0 bridgehead atoms. The number of piperazine rings is 1. The van der Waals surface area contributed by atoms with Crippen molar-refractivity contribution >= 4 is 23.8 Å². The van der Waals surface area contributed by atoms with Gasteiger partial charge in [-0.15, -0.1) is 0 Å². The van der Waals surface area contributed by atoms with Gasteiger partial charge in [-0.3, -0.25) is 4.79 Å². The summed E-state index contributed by atoms with van der Waals surface area (Å²) in [5.41, 5.74) is 4.33. The molecule has 1 aliphatic rings. The van der Waals surface area contributed by atoms with Crippen LogP contribution in [0.4, 0.5) is 5.69 Å². The lowest BCUT2D eigenvalue weighted by atomic mass is 10.2. The van der Waals surface area contributed by atoms with E-state index in [0.29, 0.717) is 17.7 Å². The first-order valence-corrected chi connectivity index (χ1v) is 9.99. The second kappa shape index (κ2) is 11.0. The molecule has 8 nitrogen and oxygen atoms in total. The molecule has 0 spiro atoms. The topological polar surface area (TPSA) is 98.5 Å². The number of hydrogen-bond donors (Lipinski definition) is 2. The highest BCUT2D eigenvalue weighted by Gasteiger charge is 2.20. The number of para-hydroxylation sites is 2. The van der Waals surface area contributed by atoms with Crippen molar-refractivity contribution < 1.29 is 24.3 Å². The van der Waals surface area contributed by atoms with E-state index < -0.39 is 12.6 Å². The standard InChI is InChI=1S/C22H26N4O4/c27-21(24-23-16-18-6-4-5-9-20(18)30-17-22(28)29)10-11-25-12-14-26(15-13-25)19-7-2-1-3-8-19/h1-9,16H,10-15,17H2,(H,24,27)(H,28,29)/b23-16-. The van der Waals surface area contributed by atoms with Crippen molar-refractivity contribution in [3.8, 4) is 5.75 Å². The predicted octanol–water partition coefficient (Wildman–Crippen LogP) is -0.939. The SMILES string of the molecule is O=C([O-])COc1ccccc1/C=N\NC(=O)CC[NH+]1CCN(c2ccccc2)CC1. The Bertz CT molecular complexity index is 864. The summed E-state index contributed by atoms with van der Waals surface area (Å²) in [6, 6.07) is 17.2. The van der Waals surface area contributed by atoms with Crippen LogP contribution in [0.5, 0.6) is 5.75 Å². The zero-order chi connectivity index (χ0) is 21.2. The number of benzene rings is 2. The van der Waals surface area contributed by atoms with E-state index in [1.54, 1.807) is 24.3 Å². The second-order valence-corrected chi connectivity index (χ2v) is 7.06. The normalized spacial score (nSPS) is 14.6. The average Bonchev–Trinajstić information content (AvgIpc) is 2.78. The Kier molecular flexibility index (Phi) is 7.79. The largest absolute Gasteiger partial charge is 0.546 e. The van der Waals surface area contributed by atoms with Gasteiger partial charge < -0.3 is 24.4 Å². The number of anilines is 1. The molecule has 1 saturated heterocycles. The first-order chi connectivity index (χ1) is 14.6. The fraction of sp³-hybridized carbons (Fsp3) is 0.318. The predicted molar refractivity (Wildman–Crippen MR) is 112 cm³/mol. The van der Waals surface area contributed by atoms with E-state index >= 15 is 0 Å². The van der Waals surface area contributed by atoms with Crippen LogP contribution in [0.2, 0.25) is 0 Å². The van der Waals surface area contributed by atoms with E-state index in [1.165, 1.54) is 16.8 Å². The van der Waals surface area contributed by atoms with Crippen molar-refractivity contribution in [2.24, 2.45) is 5.10 Å². The molecule has 1 heterocycles. The summed E-state index contributed by atoms with van der Waals surface area (Å²) >= 11 is 0. The van der Waals surface area contributed by atoms with E-state index in [1.807, 2.05) is 18.2 Å². The van der Waals surface area contributed by atoms with Crippen molar-refractivity contribution in [3.05, 3.63) is 60.2 Å². The molecule has 1 amide bonds. The van der Waals surface area contributed by atoms with Crippen LogP contribution in [-0.2, 0) is 9.59 Å². The minimum absolute atomic E-state index is 0.155. The number of quaternary nitrogens is 1. The van der Waals surface area contributed by atoms with E-state index in [0.717, 1.165) is 32.7 Å². The number of nitrogens with one attached hydrogen (secondary N) is 2. The molecule has 1 aliphatic heterocycles. The molecule has 0 radical (unpaired) electrons. The number of carbonyl (C=O) groups is 2. The third-order valence-electron chi connectivity index (χ3n) is 4.95. The van der Waals surface area contributed by atoms with Gasteiger partial charge in [0.1, 0.15) is 12.4 Å². The lowest BCUT2D eigenvalue weighted by Gasteiger charge is -2.33. The van der Waals surface area contributed by atoms with E-state index in [2.05, 4.69) is 27.6 Å². The lowest BCUT2D eigenvalue weighted by Crippen LogP contribution is -3.15. The summed E-state index contributed by atoms with van der Waals surface area (Å²) in [5.74, 6) is -1.10. The molecule has 0 atom stereocenters. The Labute approximate surface area is 175 Å². The molecule has 0 unspecified atom stereocenters. The van der Waals surface area contributed by atoms with Crippen LogP contribution in [-0.4, -0.2) is 57.4 Å². The van der Waals surface area contributed by atoms with Crippen molar-refractivity contribution in [2.45, 2.75) is 6.42 Å². The Hall–Kier alpha value is -3.39. The van der Waals surface area contributed by atoms with Gasteiger partial charge in [0.15, 0.2) is 0 Å². The Morgan fingerprint density at radius 3 is 2.53 bits per heavy atom. The van der Waals surface area contributed by atoms with Gasteiger partial charge in [0.2, 0.25) is 5.91 Å². The maximum absolute atomic E-state index is 12.1. The molecular formula is C22H26N4O4. The molecule has 1 fully saturated rings. The summed E-state index contributed by atoms with van der Waals surface area (Å²) in [6.07, 6.45) is 1.83. The second-order valence-electron chi connectivity index (χ2n) is 7.06. The number of ether oxygens (including phenoxy) is 1. The molecule has 2 aromatic carbocycles. The van der Waals surface area contributed by atoms with Crippen molar-refractivity contribution in [1.82, 2.24) is 5.43 Å². The molecule has 3 rings (SSSR count). The third-order valence-corrected chi connectivity index (χ3v) is 4.95. The Balaban J connectivity index is 1.39. The number of amides is 1. The van der Waals surface area contributed by atoms with Gasteiger partial charge in [0.05, 0.1) is 51.3 Å². The van der Waals surface area contributed by atoms with Gasteiger partial charge in [-0.25, -0.2) is 5.43 Å². The van der Waals surface area contributed by atoms with Crippen LogP contribution in [0.3, 0.4) is 0 Å². The maximum Gasteiger partial charge on any atom is 0.245 e. The highest BCUT2D eigenvalue weighted by molar-refractivity contribution is 5.85. The number of hydrogen-bond acceptors (Lipinski definition) is 6. The highest BCUT2D eigenvalue weighted by Crippen LogP contribution is 2.15. The number of nitrogens with zero attached hydrogens (tertiary/aromatic N) is 2. The van der Waals surface area contributed by atoms with Crippen molar-refractivity contribution in [1.29, 1.82) is 0 Å². The summed E-state index contributed by atoms with van der Waals surface area (Å²) in [5, 5.41) is 14.5. The quantitative estimate of drug-likeness (QED) is 0.411. The maximum atomic E-state index is 12.1. The number of rotatable bonds is 9. The Morgan fingerprint density at radius 1 is 1.10 bits per heavy atom. The van der Waals surface area contributed by atoms with Crippen LogP contribution in [0.1, 0.15) is 12.0 Å². The molecule has 0 aromatic heterocycles. The molecule has 0 saturated carbocycles. The highest BCUT2D eigenvalue weighted by atomic mass is 16.5. The van der Waals surface area contributed by atoms with Gasteiger partial charge in [-0.1, -0.05) is 30.3 Å². The lowest BCUT2D eigenvalue weighted by molar-refractivity contribution is -0.900. The molecule has 2 aromatic rings.